The fourth-order valence-corrected chi connectivity index (χ4v) is 1.32. The van der Waals surface area contributed by atoms with E-state index in [2.05, 4.69) is 10.2 Å². The number of aryl methyl sites for hydroxylation is 1. The zero-order chi connectivity index (χ0) is 12.3. The second kappa shape index (κ2) is 4.92. The standard InChI is InChI=1S/C11H12FN3O2/c1-7-14-15-11(17-7)6-16-10-3-2-8(5-13)4-9(10)12/h2-4H,5-6,13H2,1H3. The number of rotatable bonds is 4. The van der Waals surface area contributed by atoms with Gasteiger partial charge in [0.1, 0.15) is 0 Å². The maximum atomic E-state index is 13.5. The van der Waals surface area contributed by atoms with E-state index in [4.69, 9.17) is 14.9 Å². The third-order valence-electron chi connectivity index (χ3n) is 2.15. The summed E-state index contributed by atoms with van der Waals surface area (Å²) in [4.78, 5) is 0. The lowest BCUT2D eigenvalue weighted by atomic mass is 10.2. The van der Waals surface area contributed by atoms with Crippen LogP contribution < -0.4 is 10.5 Å². The van der Waals surface area contributed by atoms with Crippen LogP contribution in [0.1, 0.15) is 17.3 Å². The predicted molar refractivity (Wildman–Crippen MR) is 57.7 cm³/mol. The Balaban J connectivity index is 2.04. The third kappa shape index (κ3) is 2.79. The van der Waals surface area contributed by atoms with Crippen molar-refractivity contribution in [3.05, 3.63) is 41.4 Å². The first-order valence-electron chi connectivity index (χ1n) is 5.09. The van der Waals surface area contributed by atoms with Crippen LogP contribution in [0.2, 0.25) is 0 Å². The van der Waals surface area contributed by atoms with Crippen molar-refractivity contribution in [1.82, 2.24) is 10.2 Å². The van der Waals surface area contributed by atoms with Gasteiger partial charge in [-0.2, -0.15) is 0 Å². The fourth-order valence-electron chi connectivity index (χ4n) is 1.32. The number of nitrogens with two attached hydrogens (primary N) is 1. The number of benzene rings is 1. The van der Waals surface area contributed by atoms with Crippen molar-refractivity contribution in [3.8, 4) is 5.75 Å². The van der Waals surface area contributed by atoms with Crippen LogP contribution in [-0.4, -0.2) is 10.2 Å². The average molecular weight is 237 g/mol. The predicted octanol–water partition coefficient (Wildman–Crippen LogP) is 1.55. The zero-order valence-corrected chi connectivity index (χ0v) is 9.31. The SMILES string of the molecule is Cc1nnc(COc2ccc(CN)cc2F)o1. The maximum absolute atomic E-state index is 13.5. The molecule has 1 aromatic heterocycles. The second-order valence-electron chi connectivity index (χ2n) is 3.47. The van der Waals surface area contributed by atoms with Gasteiger partial charge < -0.3 is 14.9 Å². The van der Waals surface area contributed by atoms with E-state index < -0.39 is 5.82 Å². The van der Waals surface area contributed by atoms with Crippen LogP contribution in [0.4, 0.5) is 4.39 Å². The van der Waals surface area contributed by atoms with E-state index in [-0.39, 0.29) is 12.4 Å². The minimum absolute atomic E-state index is 0.0414. The summed E-state index contributed by atoms with van der Waals surface area (Å²) in [6.07, 6.45) is 0. The van der Waals surface area contributed by atoms with E-state index >= 15 is 0 Å². The van der Waals surface area contributed by atoms with Crippen molar-refractivity contribution in [2.75, 3.05) is 0 Å². The maximum Gasteiger partial charge on any atom is 0.253 e. The highest BCUT2D eigenvalue weighted by Crippen LogP contribution is 2.19. The molecular formula is C11H12FN3O2. The molecule has 0 atom stereocenters. The summed E-state index contributed by atoms with van der Waals surface area (Å²) in [6.45, 7) is 2.01. The molecule has 0 bridgehead atoms. The quantitative estimate of drug-likeness (QED) is 0.873. The Labute approximate surface area is 97.4 Å². The molecule has 0 fully saturated rings. The van der Waals surface area contributed by atoms with Gasteiger partial charge in [-0.25, -0.2) is 4.39 Å². The molecule has 5 nitrogen and oxygen atoms in total. The van der Waals surface area contributed by atoms with Crippen LogP contribution in [0.5, 0.6) is 5.75 Å². The minimum atomic E-state index is -0.454. The molecule has 2 rings (SSSR count). The molecule has 0 unspecified atom stereocenters. The second-order valence-corrected chi connectivity index (χ2v) is 3.47. The van der Waals surface area contributed by atoms with Crippen LogP contribution in [0, 0.1) is 12.7 Å². The van der Waals surface area contributed by atoms with Crippen LogP contribution >= 0.6 is 0 Å². The summed E-state index contributed by atoms with van der Waals surface area (Å²) >= 11 is 0. The largest absolute Gasteiger partial charge is 0.481 e. The number of aromatic nitrogens is 2. The van der Waals surface area contributed by atoms with Gasteiger partial charge in [-0.1, -0.05) is 6.07 Å². The molecule has 2 aromatic rings. The number of hydrogen-bond donors (Lipinski definition) is 1. The lowest BCUT2D eigenvalue weighted by molar-refractivity contribution is 0.249. The number of halogens is 1. The lowest BCUT2D eigenvalue weighted by Gasteiger charge is -2.05. The highest BCUT2D eigenvalue weighted by Gasteiger charge is 2.07. The molecule has 1 heterocycles. The van der Waals surface area contributed by atoms with Crippen LogP contribution in [-0.2, 0) is 13.2 Å². The highest BCUT2D eigenvalue weighted by molar-refractivity contribution is 5.29. The number of nitrogens with zero attached hydrogens (tertiary/aromatic N) is 2. The monoisotopic (exact) mass is 237 g/mol. The molecule has 0 saturated heterocycles. The molecule has 2 N–H and O–H groups in total. The van der Waals surface area contributed by atoms with Crippen LogP contribution in [0.3, 0.4) is 0 Å². The number of ether oxygens (including phenoxy) is 1. The number of hydrogen-bond acceptors (Lipinski definition) is 5. The van der Waals surface area contributed by atoms with Gasteiger partial charge in [0.05, 0.1) is 0 Å². The molecule has 90 valence electrons. The van der Waals surface area contributed by atoms with E-state index in [9.17, 15) is 4.39 Å². The van der Waals surface area contributed by atoms with E-state index in [1.54, 1.807) is 13.0 Å². The summed E-state index contributed by atoms with van der Waals surface area (Å²) in [5.74, 6) is 0.439. The molecule has 0 spiro atoms. The van der Waals surface area contributed by atoms with E-state index in [0.29, 0.717) is 23.9 Å². The first-order valence-corrected chi connectivity index (χ1v) is 5.09. The van der Waals surface area contributed by atoms with Crippen molar-refractivity contribution in [2.45, 2.75) is 20.1 Å². The third-order valence-corrected chi connectivity index (χ3v) is 2.15. The van der Waals surface area contributed by atoms with Gasteiger partial charge >= 0.3 is 0 Å². The first-order chi connectivity index (χ1) is 8.19. The smallest absolute Gasteiger partial charge is 0.253 e. The lowest BCUT2D eigenvalue weighted by Crippen LogP contribution is -2.00. The summed E-state index contributed by atoms with van der Waals surface area (Å²) < 4.78 is 23.8. The molecule has 0 aliphatic heterocycles. The first kappa shape index (κ1) is 11.5. The van der Waals surface area contributed by atoms with Crippen LogP contribution in [0.15, 0.2) is 22.6 Å². The van der Waals surface area contributed by atoms with Gasteiger partial charge in [0.15, 0.2) is 18.2 Å². The zero-order valence-electron chi connectivity index (χ0n) is 9.31. The Kier molecular flexibility index (Phi) is 3.34. The molecule has 0 aliphatic carbocycles. The molecule has 6 heteroatoms. The van der Waals surface area contributed by atoms with E-state index in [1.807, 2.05) is 0 Å². The molecule has 0 aliphatic rings. The van der Waals surface area contributed by atoms with Crippen molar-refractivity contribution < 1.29 is 13.5 Å². The summed E-state index contributed by atoms with van der Waals surface area (Å²) in [5, 5.41) is 7.38. The summed E-state index contributed by atoms with van der Waals surface area (Å²) in [5.41, 5.74) is 6.11. The van der Waals surface area contributed by atoms with Gasteiger partial charge in [-0.05, 0) is 17.7 Å². The van der Waals surface area contributed by atoms with Crippen molar-refractivity contribution in [2.24, 2.45) is 5.73 Å². The average Bonchev–Trinajstić information content (AvgIpc) is 2.73. The highest BCUT2D eigenvalue weighted by atomic mass is 19.1. The van der Waals surface area contributed by atoms with Gasteiger partial charge in [0, 0.05) is 13.5 Å². The normalized spacial score (nSPS) is 10.5. The van der Waals surface area contributed by atoms with Gasteiger partial charge in [0.2, 0.25) is 5.89 Å². The summed E-state index contributed by atoms with van der Waals surface area (Å²) in [6, 6.07) is 4.58. The van der Waals surface area contributed by atoms with Gasteiger partial charge in [-0.3, -0.25) is 0 Å². The Hall–Kier alpha value is -1.95. The molecule has 17 heavy (non-hydrogen) atoms. The van der Waals surface area contributed by atoms with E-state index in [1.165, 1.54) is 12.1 Å². The summed E-state index contributed by atoms with van der Waals surface area (Å²) in [7, 11) is 0. The molecular weight excluding hydrogens is 225 g/mol. The Morgan fingerprint density at radius 1 is 1.41 bits per heavy atom. The van der Waals surface area contributed by atoms with Crippen molar-refractivity contribution in [3.63, 3.8) is 0 Å². The van der Waals surface area contributed by atoms with Crippen LogP contribution in [0.25, 0.3) is 0 Å². The minimum Gasteiger partial charge on any atom is -0.481 e. The van der Waals surface area contributed by atoms with Crippen molar-refractivity contribution >= 4 is 0 Å². The van der Waals surface area contributed by atoms with Gasteiger partial charge in [-0.15, -0.1) is 10.2 Å². The topological polar surface area (TPSA) is 74.2 Å². The van der Waals surface area contributed by atoms with Gasteiger partial charge in [0.25, 0.3) is 5.89 Å². The molecule has 1 aromatic carbocycles. The Morgan fingerprint density at radius 3 is 2.82 bits per heavy atom. The molecule has 0 saturated carbocycles. The molecule has 0 radical (unpaired) electrons. The Bertz CT molecular complexity index is 513. The molecule has 0 amide bonds. The van der Waals surface area contributed by atoms with E-state index in [0.717, 1.165) is 0 Å². The Morgan fingerprint density at radius 2 is 2.24 bits per heavy atom. The fraction of sp³-hybridized carbons (Fsp3) is 0.273. The van der Waals surface area contributed by atoms with Crippen molar-refractivity contribution in [1.29, 1.82) is 0 Å².